The minimum absolute atomic E-state index is 0.00425. The molecule has 3 atom stereocenters. The van der Waals surface area contributed by atoms with Crippen LogP contribution in [0.15, 0.2) is 39.7 Å². The van der Waals surface area contributed by atoms with Crippen LogP contribution in [-0.2, 0) is 4.79 Å². The average molecular weight is 343 g/mol. The molecule has 124 valence electrons. The zero-order chi connectivity index (χ0) is 16.8. The molecule has 4 rings (SSSR count). The van der Waals surface area contributed by atoms with E-state index >= 15 is 0 Å². The summed E-state index contributed by atoms with van der Waals surface area (Å²) in [5, 5.41) is 13.6. The van der Waals surface area contributed by atoms with Crippen molar-refractivity contribution in [2.24, 2.45) is 16.8 Å². The molecule has 1 aromatic rings. The second-order valence-electron chi connectivity index (χ2n) is 6.55. The van der Waals surface area contributed by atoms with Crippen molar-refractivity contribution in [1.82, 2.24) is 5.32 Å². The lowest BCUT2D eigenvalue weighted by Gasteiger charge is -2.26. The fourth-order valence-electron chi connectivity index (χ4n) is 3.56. The van der Waals surface area contributed by atoms with Gasteiger partial charge in [0.2, 0.25) is 5.91 Å². The Balaban J connectivity index is 1.62. The summed E-state index contributed by atoms with van der Waals surface area (Å²) >= 11 is 1.72. The topological polar surface area (TPSA) is 84.6 Å². The highest BCUT2D eigenvalue weighted by atomic mass is 32.2. The van der Waals surface area contributed by atoms with Crippen molar-refractivity contribution in [2.45, 2.75) is 31.6 Å². The number of nitro benzene ring substituents is 1. The Labute approximate surface area is 143 Å². The summed E-state index contributed by atoms with van der Waals surface area (Å²) in [6.07, 6.45) is 3.16. The predicted octanol–water partition coefficient (Wildman–Crippen LogP) is 3.23. The Bertz CT molecular complexity index is 785. The van der Waals surface area contributed by atoms with Crippen LogP contribution in [-0.4, -0.2) is 22.0 Å². The number of non-ortho nitro benzene ring substituents is 1. The van der Waals surface area contributed by atoms with Crippen LogP contribution < -0.4 is 5.32 Å². The van der Waals surface area contributed by atoms with Gasteiger partial charge in [0.25, 0.3) is 5.69 Å². The zero-order valence-electron chi connectivity index (χ0n) is 13.2. The summed E-state index contributed by atoms with van der Waals surface area (Å²) in [6.45, 7) is 2.25. The first-order chi connectivity index (χ1) is 11.5. The van der Waals surface area contributed by atoms with Gasteiger partial charge in [0.1, 0.15) is 11.2 Å². The highest BCUT2D eigenvalue weighted by Gasteiger charge is 2.44. The Morgan fingerprint density at radius 2 is 2.08 bits per heavy atom. The minimum atomic E-state index is -0.437. The van der Waals surface area contributed by atoms with Gasteiger partial charge in [-0.05, 0) is 47.8 Å². The molecule has 2 aliphatic heterocycles. The number of amidine groups is 1. The van der Waals surface area contributed by atoms with Crippen molar-refractivity contribution in [1.29, 1.82) is 0 Å². The molecular formula is C17H17N3O3S. The Morgan fingerprint density at radius 3 is 2.79 bits per heavy atom. The SMILES string of the molecule is C[C@@H]1CCC2=C(C1)S[C@@H]1N=C(c3ccc([N+](=O)[O-])cc3)NC(=O)[C@@H]21. The third-order valence-corrected chi connectivity index (χ3v) is 6.19. The van der Waals surface area contributed by atoms with E-state index in [4.69, 9.17) is 4.99 Å². The predicted molar refractivity (Wildman–Crippen MR) is 92.7 cm³/mol. The molecule has 1 amide bonds. The van der Waals surface area contributed by atoms with E-state index in [9.17, 15) is 14.9 Å². The molecule has 0 fully saturated rings. The number of hydrogen-bond donors (Lipinski definition) is 1. The number of benzene rings is 1. The quantitative estimate of drug-likeness (QED) is 0.660. The van der Waals surface area contributed by atoms with Crippen LogP contribution in [0.3, 0.4) is 0 Å². The number of aliphatic imine (C=N–C) groups is 1. The van der Waals surface area contributed by atoms with Gasteiger partial charge in [-0.1, -0.05) is 6.92 Å². The van der Waals surface area contributed by atoms with Gasteiger partial charge in [-0.3, -0.25) is 19.9 Å². The molecule has 1 aliphatic carbocycles. The average Bonchev–Trinajstić information content (AvgIpc) is 2.92. The maximum Gasteiger partial charge on any atom is 0.269 e. The minimum Gasteiger partial charge on any atom is -0.310 e. The summed E-state index contributed by atoms with van der Waals surface area (Å²) in [6, 6.07) is 6.13. The maximum absolute atomic E-state index is 12.6. The van der Waals surface area contributed by atoms with Crippen LogP contribution in [0.4, 0.5) is 5.69 Å². The summed E-state index contributed by atoms with van der Waals surface area (Å²) in [5.41, 5.74) is 2.00. The molecule has 1 aromatic carbocycles. The van der Waals surface area contributed by atoms with Crippen LogP contribution in [0.1, 0.15) is 31.7 Å². The molecule has 3 aliphatic rings. The number of thioether (sulfide) groups is 1. The van der Waals surface area contributed by atoms with Crippen molar-refractivity contribution in [3.05, 3.63) is 50.4 Å². The van der Waals surface area contributed by atoms with E-state index in [1.807, 2.05) is 0 Å². The number of nitro groups is 1. The molecule has 0 spiro atoms. The van der Waals surface area contributed by atoms with Gasteiger partial charge in [-0.2, -0.15) is 0 Å². The highest BCUT2D eigenvalue weighted by molar-refractivity contribution is 8.04. The summed E-state index contributed by atoms with van der Waals surface area (Å²) in [5.74, 6) is 1.02. The number of nitrogens with one attached hydrogen (secondary N) is 1. The lowest BCUT2D eigenvalue weighted by atomic mass is 9.84. The first-order valence-corrected chi connectivity index (χ1v) is 8.93. The van der Waals surface area contributed by atoms with E-state index in [1.165, 1.54) is 22.6 Å². The number of hydrogen-bond acceptors (Lipinski definition) is 5. The molecule has 0 radical (unpaired) electrons. The van der Waals surface area contributed by atoms with E-state index < -0.39 is 4.92 Å². The number of allylic oxidation sites excluding steroid dienone is 1. The van der Waals surface area contributed by atoms with Gasteiger partial charge >= 0.3 is 0 Å². The molecule has 0 unspecified atom stereocenters. The molecule has 0 saturated heterocycles. The van der Waals surface area contributed by atoms with Crippen LogP contribution in [0.5, 0.6) is 0 Å². The Hall–Kier alpha value is -2.15. The molecule has 0 bridgehead atoms. The van der Waals surface area contributed by atoms with Crippen molar-refractivity contribution in [3.8, 4) is 0 Å². The lowest BCUT2D eigenvalue weighted by molar-refractivity contribution is -0.384. The molecule has 24 heavy (non-hydrogen) atoms. The number of rotatable bonds is 2. The number of nitrogens with zero attached hydrogens (tertiary/aromatic N) is 2. The highest BCUT2D eigenvalue weighted by Crippen LogP contribution is 2.51. The standard InChI is InChI=1S/C17H17N3O3S/c1-9-2-7-12-13(8-9)24-17-14(12)16(21)18-15(19-17)10-3-5-11(6-4-10)20(22)23/h3-6,9,14,17H,2,7-8H2,1H3,(H,18,19,21)/t9-,14-,17+/m1/s1. The van der Waals surface area contributed by atoms with E-state index in [2.05, 4.69) is 12.2 Å². The number of carbonyl (C=O) groups is 1. The monoisotopic (exact) mass is 343 g/mol. The van der Waals surface area contributed by atoms with Crippen LogP contribution >= 0.6 is 11.8 Å². The number of amides is 1. The van der Waals surface area contributed by atoms with Crippen molar-refractivity contribution < 1.29 is 9.72 Å². The Kier molecular flexibility index (Phi) is 3.68. The van der Waals surface area contributed by atoms with Crippen LogP contribution in [0.25, 0.3) is 0 Å². The lowest BCUT2D eigenvalue weighted by Crippen LogP contribution is -2.44. The molecular weight excluding hydrogens is 326 g/mol. The van der Waals surface area contributed by atoms with E-state index in [-0.39, 0.29) is 22.9 Å². The van der Waals surface area contributed by atoms with Crippen molar-refractivity contribution in [2.75, 3.05) is 0 Å². The summed E-state index contributed by atoms with van der Waals surface area (Å²) in [7, 11) is 0. The maximum atomic E-state index is 12.6. The number of fused-ring (bicyclic) bond motifs is 2. The smallest absolute Gasteiger partial charge is 0.269 e. The van der Waals surface area contributed by atoms with Gasteiger partial charge < -0.3 is 5.32 Å². The summed E-state index contributed by atoms with van der Waals surface area (Å²) < 4.78 is 0. The molecule has 6 nitrogen and oxygen atoms in total. The van der Waals surface area contributed by atoms with Crippen molar-refractivity contribution >= 4 is 29.2 Å². The van der Waals surface area contributed by atoms with Crippen molar-refractivity contribution in [3.63, 3.8) is 0 Å². The van der Waals surface area contributed by atoms with E-state index in [0.717, 1.165) is 19.3 Å². The van der Waals surface area contributed by atoms with E-state index in [0.29, 0.717) is 17.3 Å². The fraction of sp³-hybridized carbons (Fsp3) is 0.412. The molecule has 7 heteroatoms. The van der Waals surface area contributed by atoms with E-state index in [1.54, 1.807) is 23.9 Å². The molecule has 2 heterocycles. The normalized spacial score (nSPS) is 28.8. The van der Waals surface area contributed by atoms with Crippen LogP contribution in [0.2, 0.25) is 0 Å². The third-order valence-electron chi connectivity index (χ3n) is 4.85. The molecule has 0 saturated carbocycles. The largest absolute Gasteiger partial charge is 0.310 e. The zero-order valence-corrected chi connectivity index (χ0v) is 14.0. The molecule has 0 aromatic heterocycles. The summed E-state index contributed by atoms with van der Waals surface area (Å²) in [4.78, 5) is 29.0. The van der Waals surface area contributed by atoms with Gasteiger partial charge in [0, 0.05) is 17.7 Å². The third kappa shape index (κ3) is 2.53. The van der Waals surface area contributed by atoms with Gasteiger partial charge in [-0.25, -0.2) is 0 Å². The first-order valence-electron chi connectivity index (χ1n) is 8.05. The van der Waals surface area contributed by atoms with Gasteiger partial charge in [-0.15, -0.1) is 11.8 Å². The second kappa shape index (κ2) is 5.73. The van der Waals surface area contributed by atoms with Gasteiger partial charge in [0.05, 0.1) is 10.8 Å². The second-order valence-corrected chi connectivity index (χ2v) is 7.76. The first kappa shape index (κ1) is 15.4. The van der Waals surface area contributed by atoms with Gasteiger partial charge in [0.15, 0.2) is 0 Å². The molecule has 1 N–H and O–H groups in total. The fourth-order valence-corrected chi connectivity index (χ4v) is 5.19. The van der Waals surface area contributed by atoms with Crippen LogP contribution in [0, 0.1) is 22.0 Å². The number of carbonyl (C=O) groups excluding carboxylic acids is 1. The Morgan fingerprint density at radius 1 is 1.33 bits per heavy atom.